The first kappa shape index (κ1) is 19.3. The van der Waals surface area contributed by atoms with Crippen molar-refractivity contribution >= 4 is 22.9 Å². The zero-order valence-corrected chi connectivity index (χ0v) is 16.7. The molecule has 1 aromatic carbocycles. The molecule has 0 saturated carbocycles. The highest BCUT2D eigenvalue weighted by Crippen LogP contribution is 2.32. The molecule has 2 N–H and O–H groups in total. The van der Waals surface area contributed by atoms with Crippen molar-refractivity contribution in [1.29, 1.82) is 0 Å². The number of nitrogens with one attached hydrogen (secondary N) is 2. The number of furan rings is 1. The van der Waals surface area contributed by atoms with E-state index in [0.717, 1.165) is 22.3 Å². The van der Waals surface area contributed by atoms with E-state index in [1.54, 1.807) is 4.90 Å². The Morgan fingerprint density at radius 3 is 2.52 bits per heavy atom. The van der Waals surface area contributed by atoms with Crippen molar-refractivity contribution in [3.63, 3.8) is 0 Å². The first-order valence-electron chi connectivity index (χ1n) is 9.65. The molecule has 27 heavy (non-hydrogen) atoms. The van der Waals surface area contributed by atoms with E-state index in [0.29, 0.717) is 13.0 Å². The standard InChI is InChI=1S/C21H29N3O3/c1-12(2)18(19-14(5)15-8-6-7-9-17(15)27-19)23-21(26)22-16-10-11-24(13(3)4)20(16)25/h6-9,12-13,16,18H,10-11H2,1-5H3,(H2,22,23,26)/t16?,18-/m0/s1. The van der Waals surface area contributed by atoms with Crippen LogP contribution in [0.1, 0.15) is 51.5 Å². The van der Waals surface area contributed by atoms with Crippen LogP contribution in [0.3, 0.4) is 0 Å². The molecule has 2 atom stereocenters. The average molecular weight is 371 g/mol. The van der Waals surface area contributed by atoms with Gasteiger partial charge in [-0.2, -0.15) is 0 Å². The molecule has 1 aromatic heterocycles. The molecule has 0 radical (unpaired) electrons. The van der Waals surface area contributed by atoms with E-state index in [1.807, 2.05) is 58.9 Å². The molecule has 1 fully saturated rings. The molecular formula is C21H29N3O3. The van der Waals surface area contributed by atoms with E-state index < -0.39 is 6.04 Å². The predicted octanol–water partition coefficient (Wildman–Crippen LogP) is 3.75. The van der Waals surface area contributed by atoms with Gasteiger partial charge in [0.1, 0.15) is 17.4 Å². The lowest BCUT2D eigenvalue weighted by Crippen LogP contribution is -2.48. The fraction of sp³-hybridized carbons (Fsp3) is 0.524. The Kier molecular flexibility index (Phi) is 5.44. The van der Waals surface area contributed by atoms with Gasteiger partial charge in [-0.15, -0.1) is 0 Å². The minimum Gasteiger partial charge on any atom is -0.459 e. The van der Waals surface area contributed by atoms with Crippen molar-refractivity contribution in [3.05, 3.63) is 35.6 Å². The first-order valence-corrected chi connectivity index (χ1v) is 9.65. The number of likely N-dealkylation sites (tertiary alicyclic amines) is 1. The lowest BCUT2D eigenvalue weighted by Gasteiger charge is -2.23. The van der Waals surface area contributed by atoms with Gasteiger partial charge in [-0.05, 0) is 39.2 Å². The number of benzene rings is 1. The van der Waals surface area contributed by atoms with Crippen LogP contribution >= 0.6 is 0 Å². The smallest absolute Gasteiger partial charge is 0.316 e. The number of para-hydroxylation sites is 1. The van der Waals surface area contributed by atoms with Crippen LogP contribution in [0.4, 0.5) is 4.79 Å². The molecule has 6 nitrogen and oxygen atoms in total. The molecule has 146 valence electrons. The summed E-state index contributed by atoms with van der Waals surface area (Å²) in [6, 6.07) is 6.95. The number of fused-ring (bicyclic) bond motifs is 1. The van der Waals surface area contributed by atoms with Gasteiger partial charge in [0.15, 0.2) is 0 Å². The zero-order valence-electron chi connectivity index (χ0n) is 16.7. The quantitative estimate of drug-likeness (QED) is 0.841. The molecule has 1 aliphatic rings. The van der Waals surface area contributed by atoms with Crippen LogP contribution in [0.2, 0.25) is 0 Å². The molecule has 0 bridgehead atoms. The highest BCUT2D eigenvalue weighted by molar-refractivity contribution is 5.89. The Labute approximate surface area is 160 Å². The Morgan fingerprint density at radius 2 is 1.93 bits per heavy atom. The summed E-state index contributed by atoms with van der Waals surface area (Å²) in [4.78, 5) is 26.8. The molecule has 2 heterocycles. The van der Waals surface area contributed by atoms with Gasteiger partial charge in [0, 0.05) is 23.5 Å². The number of nitrogens with zero attached hydrogens (tertiary/aromatic N) is 1. The van der Waals surface area contributed by atoms with Gasteiger partial charge in [-0.1, -0.05) is 32.0 Å². The Bertz CT molecular complexity index is 840. The largest absolute Gasteiger partial charge is 0.459 e. The summed E-state index contributed by atoms with van der Waals surface area (Å²) in [6.07, 6.45) is 0.639. The number of aryl methyl sites for hydroxylation is 1. The summed E-state index contributed by atoms with van der Waals surface area (Å²) in [5, 5.41) is 6.90. The van der Waals surface area contributed by atoms with E-state index in [4.69, 9.17) is 4.42 Å². The lowest BCUT2D eigenvalue weighted by atomic mass is 9.98. The van der Waals surface area contributed by atoms with E-state index >= 15 is 0 Å². The minimum absolute atomic E-state index is 0.0128. The van der Waals surface area contributed by atoms with Crippen molar-refractivity contribution in [3.8, 4) is 0 Å². The van der Waals surface area contributed by atoms with Crippen molar-refractivity contribution in [2.45, 2.75) is 59.2 Å². The molecule has 2 aromatic rings. The summed E-state index contributed by atoms with van der Waals surface area (Å²) < 4.78 is 6.05. The third kappa shape index (κ3) is 3.80. The molecule has 1 unspecified atom stereocenters. The van der Waals surface area contributed by atoms with Gasteiger partial charge >= 0.3 is 6.03 Å². The van der Waals surface area contributed by atoms with Gasteiger partial charge in [0.2, 0.25) is 5.91 Å². The minimum atomic E-state index is -0.461. The van der Waals surface area contributed by atoms with Crippen LogP contribution in [0.15, 0.2) is 28.7 Å². The molecule has 1 aliphatic heterocycles. The first-order chi connectivity index (χ1) is 12.8. The number of hydrogen-bond donors (Lipinski definition) is 2. The maximum atomic E-state index is 12.6. The highest BCUT2D eigenvalue weighted by atomic mass is 16.3. The molecule has 1 saturated heterocycles. The van der Waals surface area contributed by atoms with Gasteiger partial charge < -0.3 is 20.0 Å². The number of urea groups is 1. The number of carbonyl (C=O) groups excluding carboxylic acids is 2. The van der Waals surface area contributed by atoms with Crippen LogP contribution < -0.4 is 10.6 Å². The third-order valence-corrected chi connectivity index (χ3v) is 5.28. The second kappa shape index (κ2) is 7.62. The van der Waals surface area contributed by atoms with Crippen molar-refractivity contribution < 1.29 is 14.0 Å². The summed E-state index contributed by atoms with van der Waals surface area (Å²) in [5.41, 5.74) is 1.85. The fourth-order valence-corrected chi connectivity index (χ4v) is 3.71. The van der Waals surface area contributed by atoms with Crippen LogP contribution in [0.25, 0.3) is 11.0 Å². The molecule has 3 rings (SSSR count). The maximum Gasteiger partial charge on any atom is 0.316 e. The molecular weight excluding hydrogens is 342 g/mol. The Morgan fingerprint density at radius 1 is 1.22 bits per heavy atom. The maximum absolute atomic E-state index is 12.6. The van der Waals surface area contributed by atoms with E-state index in [1.165, 1.54) is 0 Å². The monoisotopic (exact) mass is 371 g/mol. The fourth-order valence-electron chi connectivity index (χ4n) is 3.71. The van der Waals surface area contributed by atoms with Gasteiger partial charge in [-0.25, -0.2) is 4.79 Å². The zero-order chi connectivity index (χ0) is 19.7. The van der Waals surface area contributed by atoms with Crippen LogP contribution in [0, 0.1) is 12.8 Å². The second-order valence-electron chi connectivity index (χ2n) is 7.89. The third-order valence-electron chi connectivity index (χ3n) is 5.28. The molecule has 3 amide bonds. The Hall–Kier alpha value is -2.50. The number of amides is 3. The van der Waals surface area contributed by atoms with Gasteiger partial charge in [-0.3, -0.25) is 4.79 Å². The summed E-state index contributed by atoms with van der Waals surface area (Å²) in [5.74, 6) is 0.894. The second-order valence-corrected chi connectivity index (χ2v) is 7.89. The van der Waals surface area contributed by atoms with Gasteiger partial charge in [0.25, 0.3) is 0 Å². The Balaban J connectivity index is 1.74. The number of carbonyl (C=O) groups is 2. The number of hydrogen-bond acceptors (Lipinski definition) is 3. The average Bonchev–Trinajstić information content (AvgIpc) is 3.14. The number of rotatable bonds is 5. The van der Waals surface area contributed by atoms with Gasteiger partial charge in [0.05, 0.1) is 6.04 Å². The highest BCUT2D eigenvalue weighted by Gasteiger charge is 2.34. The van der Waals surface area contributed by atoms with Crippen LogP contribution in [-0.4, -0.2) is 35.5 Å². The molecule has 0 aliphatic carbocycles. The van der Waals surface area contributed by atoms with Crippen molar-refractivity contribution in [1.82, 2.24) is 15.5 Å². The summed E-state index contributed by atoms with van der Waals surface area (Å²) in [7, 11) is 0. The van der Waals surface area contributed by atoms with Crippen LogP contribution in [-0.2, 0) is 4.79 Å². The predicted molar refractivity (Wildman–Crippen MR) is 105 cm³/mol. The van der Waals surface area contributed by atoms with E-state index in [-0.39, 0.29) is 29.9 Å². The normalized spacial score (nSPS) is 18.6. The summed E-state index contributed by atoms with van der Waals surface area (Å²) in [6.45, 7) is 10.7. The van der Waals surface area contributed by atoms with Crippen LogP contribution in [0.5, 0.6) is 0 Å². The summed E-state index contributed by atoms with van der Waals surface area (Å²) >= 11 is 0. The van der Waals surface area contributed by atoms with Crippen molar-refractivity contribution in [2.75, 3.05) is 6.54 Å². The van der Waals surface area contributed by atoms with Crippen molar-refractivity contribution in [2.24, 2.45) is 5.92 Å². The molecule has 6 heteroatoms. The van der Waals surface area contributed by atoms with E-state index in [9.17, 15) is 9.59 Å². The van der Waals surface area contributed by atoms with E-state index in [2.05, 4.69) is 10.6 Å². The SMILES string of the molecule is Cc1c([C@@H](NC(=O)NC2CCN(C(C)C)C2=O)C(C)C)oc2ccccc12. The molecule has 0 spiro atoms. The lowest BCUT2D eigenvalue weighted by molar-refractivity contribution is -0.130. The topological polar surface area (TPSA) is 74.6 Å².